The van der Waals surface area contributed by atoms with Crippen molar-refractivity contribution in [3.05, 3.63) is 29.8 Å². The highest BCUT2D eigenvalue weighted by molar-refractivity contribution is 7.76. The zero-order valence-corrected chi connectivity index (χ0v) is 7.14. The van der Waals surface area contributed by atoms with Crippen LogP contribution in [-0.4, -0.2) is 8.76 Å². The summed E-state index contributed by atoms with van der Waals surface area (Å²) >= 11 is -2.36. The maximum Gasteiger partial charge on any atom is 0.0401 e. The van der Waals surface area contributed by atoms with E-state index in [-0.39, 0.29) is 0 Å². The molecule has 5 heteroatoms. The van der Waals surface area contributed by atoms with Crippen LogP contribution in [0.25, 0.3) is 0 Å². The minimum absolute atomic E-state index is 1.02. The third-order valence-corrected chi connectivity index (χ3v) is 1.42. The van der Waals surface area contributed by atoms with Crippen molar-refractivity contribution in [2.45, 2.75) is 6.54 Å². The Morgan fingerprint density at radius 1 is 1.58 bits per heavy atom. The predicted molar refractivity (Wildman–Crippen MR) is 46.9 cm³/mol. The van der Waals surface area contributed by atoms with Gasteiger partial charge in [0.1, 0.15) is 0 Å². The van der Waals surface area contributed by atoms with E-state index in [1.165, 1.54) is 11.3 Å². The highest BCUT2D eigenvalue weighted by Gasteiger charge is 2.00. The normalized spacial score (nSPS) is 14.2. The molecule has 0 radical (unpaired) electrons. The van der Waals surface area contributed by atoms with Gasteiger partial charge in [-0.25, -0.2) is 0 Å². The molecule has 0 saturated heterocycles. The molecule has 4 nitrogen and oxygen atoms in total. The summed E-state index contributed by atoms with van der Waals surface area (Å²) in [5, 5.41) is 7.25. The largest absolute Gasteiger partial charge is 0.760 e. The monoisotopic (exact) mass is 185 g/mol. The quantitative estimate of drug-likeness (QED) is 0.572. The van der Waals surface area contributed by atoms with Gasteiger partial charge in [-0.3, -0.25) is 9.35 Å². The van der Waals surface area contributed by atoms with Crippen LogP contribution >= 0.6 is 0 Å². The first-order valence-corrected chi connectivity index (χ1v) is 4.49. The minimum atomic E-state index is -2.36. The number of anilines is 1. The van der Waals surface area contributed by atoms with Crippen LogP contribution in [0.3, 0.4) is 0 Å². The van der Waals surface area contributed by atoms with Crippen LogP contribution in [0.1, 0.15) is 5.56 Å². The summed E-state index contributed by atoms with van der Waals surface area (Å²) in [5.41, 5.74) is 2.64. The summed E-state index contributed by atoms with van der Waals surface area (Å²) in [6.07, 6.45) is 0. The zero-order chi connectivity index (χ0) is 8.97. The van der Waals surface area contributed by atoms with E-state index in [2.05, 4.69) is 34.7 Å². The number of nitrogens with one attached hydrogen (secondary N) is 1. The van der Waals surface area contributed by atoms with Gasteiger partial charge in [-0.1, -0.05) is 12.1 Å². The van der Waals surface area contributed by atoms with Crippen LogP contribution in [0.2, 0.25) is 0 Å². The molecule has 0 aliphatic carbocycles. The Labute approximate surface area is 73.2 Å². The molecule has 0 fully saturated rings. The molecule has 1 aromatic carbocycles. The lowest BCUT2D eigenvalue weighted by molar-refractivity contribution is 0.539. The summed E-state index contributed by atoms with van der Waals surface area (Å²) in [7, 11) is 0. The Balaban J connectivity index is 0.000000157. The first-order chi connectivity index (χ1) is 5.68. The van der Waals surface area contributed by atoms with E-state index in [4.69, 9.17) is 8.76 Å². The van der Waals surface area contributed by atoms with Crippen LogP contribution in [0.5, 0.6) is 0 Å². The van der Waals surface area contributed by atoms with Gasteiger partial charge in [0.25, 0.3) is 0 Å². The average molecular weight is 185 g/mol. The molecule has 12 heavy (non-hydrogen) atoms. The second-order valence-electron chi connectivity index (χ2n) is 2.31. The Morgan fingerprint density at radius 3 is 2.75 bits per heavy atom. The molecule has 0 aromatic heterocycles. The molecule has 1 heterocycles. The topological polar surface area (TPSA) is 78.2 Å². The fourth-order valence-corrected chi connectivity index (χ4v) is 0.995. The third-order valence-electron chi connectivity index (χ3n) is 1.42. The average Bonchev–Trinajstić information content (AvgIpc) is 2.30. The van der Waals surface area contributed by atoms with Crippen molar-refractivity contribution in [2.24, 2.45) is 5.14 Å². The van der Waals surface area contributed by atoms with E-state index in [9.17, 15) is 0 Å². The van der Waals surface area contributed by atoms with Gasteiger partial charge in [0.15, 0.2) is 0 Å². The maximum absolute atomic E-state index is 8.78. The Bertz CT molecular complexity index is 267. The van der Waals surface area contributed by atoms with Crippen molar-refractivity contribution in [1.82, 2.24) is 0 Å². The first kappa shape index (κ1) is 9.18. The molecule has 0 amide bonds. The number of rotatable bonds is 0. The second-order valence-corrected chi connectivity index (χ2v) is 2.84. The number of hydrogen-bond donors (Lipinski definition) is 2. The van der Waals surface area contributed by atoms with Gasteiger partial charge >= 0.3 is 0 Å². The molecule has 1 aliphatic rings. The van der Waals surface area contributed by atoms with Gasteiger partial charge in [0.05, 0.1) is 0 Å². The standard InChI is InChI=1S/C7H7N.H3NO2S/c1-2-6-4-7(3-1)8-5-6;1-4(2)3/h1-4,8H,5H2;1H2,(H,2,3)/p-1. The lowest BCUT2D eigenvalue weighted by Gasteiger charge is -1.87. The molecule has 1 unspecified atom stereocenters. The van der Waals surface area contributed by atoms with E-state index in [1.807, 2.05) is 0 Å². The zero-order valence-electron chi connectivity index (χ0n) is 6.32. The van der Waals surface area contributed by atoms with Gasteiger partial charge < -0.3 is 9.87 Å². The highest BCUT2D eigenvalue weighted by Crippen LogP contribution is 2.17. The fraction of sp³-hybridized carbons (Fsp3) is 0.143. The van der Waals surface area contributed by atoms with Crippen LogP contribution in [0.15, 0.2) is 24.3 Å². The fourth-order valence-electron chi connectivity index (χ4n) is 0.995. The van der Waals surface area contributed by atoms with Crippen molar-refractivity contribution < 1.29 is 8.76 Å². The molecular weight excluding hydrogens is 176 g/mol. The number of benzene rings is 1. The SMILES string of the molecule is NS(=O)[O-].c1cc2cc(c1)NC2. The third kappa shape index (κ3) is 3.00. The van der Waals surface area contributed by atoms with E-state index in [1.54, 1.807) is 0 Å². The molecule has 2 bridgehead atoms. The van der Waals surface area contributed by atoms with Gasteiger partial charge in [0.2, 0.25) is 0 Å². The predicted octanol–water partition coefficient (Wildman–Crippen LogP) is 0.351. The van der Waals surface area contributed by atoms with Gasteiger partial charge in [0, 0.05) is 23.5 Å². The van der Waals surface area contributed by atoms with E-state index in [0.717, 1.165) is 6.54 Å². The number of nitrogens with two attached hydrogens (primary N) is 1. The van der Waals surface area contributed by atoms with Crippen molar-refractivity contribution in [3.8, 4) is 0 Å². The Morgan fingerprint density at radius 2 is 2.25 bits per heavy atom. The van der Waals surface area contributed by atoms with Crippen molar-refractivity contribution in [2.75, 3.05) is 5.32 Å². The van der Waals surface area contributed by atoms with Gasteiger partial charge in [-0.2, -0.15) is 0 Å². The maximum atomic E-state index is 8.78. The lowest BCUT2D eigenvalue weighted by Crippen LogP contribution is -1.97. The molecule has 1 aliphatic heterocycles. The molecule has 1 atom stereocenters. The molecule has 3 N–H and O–H groups in total. The number of hydrogen-bond acceptors (Lipinski definition) is 3. The van der Waals surface area contributed by atoms with Crippen molar-refractivity contribution >= 4 is 17.0 Å². The minimum Gasteiger partial charge on any atom is -0.760 e. The van der Waals surface area contributed by atoms with Crippen LogP contribution in [-0.2, 0) is 17.8 Å². The van der Waals surface area contributed by atoms with Crippen LogP contribution in [0.4, 0.5) is 5.69 Å². The van der Waals surface area contributed by atoms with Gasteiger partial charge in [-0.05, 0) is 17.7 Å². The molecule has 2 rings (SSSR count). The van der Waals surface area contributed by atoms with Gasteiger partial charge in [-0.15, -0.1) is 0 Å². The van der Waals surface area contributed by atoms with Crippen molar-refractivity contribution in [1.29, 1.82) is 0 Å². The number of fused-ring (bicyclic) bond motifs is 2. The summed E-state index contributed by atoms with van der Waals surface area (Å²) in [6, 6.07) is 8.45. The Hall–Kier alpha value is -0.910. The lowest BCUT2D eigenvalue weighted by atomic mass is 10.2. The van der Waals surface area contributed by atoms with Crippen LogP contribution < -0.4 is 10.5 Å². The smallest absolute Gasteiger partial charge is 0.0401 e. The highest BCUT2D eigenvalue weighted by atomic mass is 32.2. The summed E-state index contributed by atoms with van der Waals surface area (Å²) in [5.74, 6) is 0. The molecule has 1 aromatic rings. The first-order valence-electron chi connectivity index (χ1n) is 3.35. The van der Waals surface area contributed by atoms with E-state index in [0.29, 0.717) is 0 Å². The Kier molecular flexibility index (Phi) is 3.21. The molecular formula is C7H9N2O2S-. The van der Waals surface area contributed by atoms with Crippen LogP contribution in [0, 0.1) is 0 Å². The molecule has 0 saturated carbocycles. The van der Waals surface area contributed by atoms with Crippen molar-refractivity contribution in [3.63, 3.8) is 0 Å². The molecule has 0 spiro atoms. The summed E-state index contributed by atoms with van der Waals surface area (Å²) in [4.78, 5) is 0. The van der Waals surface area contributed by atoms with E-state index < -0.39 is 11.3 Å². The second kappa shape index (κ2) is 4.20. The molecule has 66 valence electrons. The van der Waals surface area contributed by atoms with E-state index >= 15 is 0 Å². The summed E-state index contributed by atoms with van der Waals surface area (Å²) in [6.45, 7) is 1.02. The summed E-state index contributed by atoms with van der Waals surface area (Å²) < 4.78 is 17.6.